The molecule has 1 aliphatic rings. The highest BCUT2D eigenvalue weighted by atomic mass is 16.6. The first-order valence-electron chi connectivity index (χ1n) is 7.07. The molecular weight excluding hydrogens is 244 g/mol. The Morgan fingerprint density at radius 1 is 1.37 bits per heavy atom. The van der Waals surface area contributed by atoms with Crippen LogP contribution in [0.1, 0.15) is 47.0 Å². The van der Waals surface area contributed by atoms with E-state index in [-0.39, 0.29) is 12.1 Å². The summed E-state index contributed by atoms with van der Waals surface area (Å²) in [6, 6.07) is 0.591. The topological polar surface area (TPSA) is 59.6 Å². The number of ether oxygens (including phenoxy) is 2. The predicted octanol–water partition coefficient (Wildman–Crippen LogP) is 2.06. The van der Waals surface area contributed by atoms with Crippen LogP contribution in [-0.2, 0) is 9.47 Å². The molecule has 0 bridgehead atoms. The number of carbonyl (C=O) groups excluding carboxylic acids is 1. The average molecular weight is 272 g/mol. The van der Waals surface area contributed by atoms with Gasteiger partial charge in [0, 0.05) is 25.7 Å². The molecule has 2 N–H and O–H groups in total. The lowest BCUT2D eigenvalue weighted by atomic mass is 10.2. The molecule has 5 nitrogen and oxygen atoms in total. The van der Waals surface area contributed by atoms with Gasteiger partial charge in [-0.15, -0.1) is 0 Å². The highest BCUT2D eigenvalue weighted by molar-refractivity contribution is 5.67. The Bertz CT molecular complexity index is 289. The summed E-state index contributed by atoms with van der Waals surface area (Å²) in [5, 5.41) is 6.28. The van der Waals surface area contributed by atoms with Crippen molar-refractivity contribution in [2.45, 2.75) is 70.7 Å². The van der Waals surface area contributed by atoms with Gasteiger partial charge in [-0.2, -0.15) is 0 Å². The van der Waals surface area contributed by atoms with Gasteiger partial charge in [-0.1, -0.05) is 0 Å². The molecule has 1 rings (SSSR count). The summed E-state index contributed by atoms with van der Waals surface area (Å²) in [4.78, 5) is 11.5. The fourth-order valence-electron chi connectivity index (χ4n) is 2.37. The van der Waals surface area contributed by atoms with Crippen molar-refractivity contribution >= 4 is 6.09 Å². The zero-order valence-electron chi connectivity index (χ0n) is 12.8. The van der Waals surface area contributed by atoms with Crippen LogP contribution in [0.4, 0.5) is 4.79 Å². The van der Waals surface area contributed by atoms with Crippen LogP contribution in [0.15, 0.2) is 0 Å². The van der Waals surface area contributed by atoms with Crippen molar-refractivity contribution in [3.8, 4) is 0 Å². The number of amides is 1. The van der Waals surface area contributed by atoms with E-state index in [2.05, 4.69) is 17.6 Å². The van der Waals surface area contributed by atoms with Gasteiger partial charge in [0.2, 0.25) is 0 Å². The molecule has 1 aliphatic carbocycles. The molecular formula is C14H28N2O3. The molecule has 1 saturated carbocycles. The van der Waals surface area contributed by atoms with E-state index in [1.54, 1.807) is 7.11 Å². The zero-order chi connectivity index (χ0) is 14.5. The molecule has 0 aromatic heterocycles. The van der Waals surface area contributed by atoms with Crippen molar-refractivity contribution < 1.29 is 14.3 Å². The minimum atomic E-state index is -0.451. The van der Waals surface area contributed by atoms with E-state index in [0.29, 0.717) is 18.7 Å². The third-order valence-electron chi connectivity index (χ3n) is 3.21. The molecule has 0 aliphatic heterocycles. The number of nitrogens with one attached hydrogen (secondary N) is 2. The molecule has 0 heterocycles. The van der Waals surface area contributed by atoms with Crippen molar-refractivity contribution in [3.05, 3.63) is 0 Å². The molecule has 1 fully saturated rings. The van der Waals surface area contributed by atoms with E-state index >= 15 is 0 Å². The van der Waals surface area contributed by atoms with Crippen molar-refractivity contribution in [3.63, 3.8) is 0 Å². The number of hydrogen-bond donors (Lipinski definition) is 2. The summed E-state index contributed by atoms with van der Waals surface area (Å²) in [6.45, 7) is 8.19. The van der Waals surface area contributed by atoms with Crippen LogP contribution in [-0.4, -0.2) is 43.5 Å². The molecule has 19 heavy (non-hydrogen) atoms. The first-order chi connectivity index (χ1) is 8.81. The van der Waals surface area contributed by atoms with E-state index < -0.39 is 5.60 Å². The van der Waals surface area contributed by atoms with E-state index in [4.69, 9.17) is 9.47 Å². The summed E-state index contributed by atoms with van der Waals surface area (Å²) < 4.78 is 10.6. The molecule has 0 aromatic carbocycles. The Labute approximate surface area is 116 Å². The van der Waals surface area contributed by atoms with Crippen LogP contribution in [0.25, 0.3) is 0 Å². The van der Waals surface area contributed by atoms with E-state index in [1.165, 1.54) is 6.42 Å². The fraction of sp³-hybridized carbons (Fsp3) is 0.929. The highest BCUT2D eigenvalue weighted by Gasteiger charge is 2.28. The fourth-order valence-corrected chi connectivity index (χ4v) is 2.37. The van der Waals surface area contributed by atoms with E-state index in [0.717, 1.165) is 12.8 Å². The van der Waals surface area contributed by atoms with Gasteiger partial charge in [-0.3, -0.25) is 0 Å². The Balaban J connectivity index is 2.24. The minimum absolute atomic E-state index is 0.202. The average Bonchev–Trinajstić information content (AvgIpc) is 2.71. The summed E-state index contributed by atoms with van der Waals surface area (Å²) >= 11 is 0. The molecule has 3 atom stereocenters. The summed E-state index contributed by atoms with van der Waals surface area (Å²) in [5.41, 5.74) is -0.451. The number of carbonyl (C=O) groups is 1. The van der Waals surface area contributed by atoms with Crippen LogP contribution in [0.5, 0.6) is 0 Å². The monoisotopic (exact) mass is 272 g/mol. The Kier molecular flexibility index (Phi) is 6.07. The first kappa shape index (κ1) is 16.2. The standard InChI is InChI=1S/C14H28N2O3/c1-10(9-15-13(17)19-14(2,3)4)16-11-7-6-8-12(11)18-5/h10-12,16H,6-9H2,1-5H3,(H,15,17). The van der Waals surface area contributed by atoms with Crippen LogP contribution < -0.4 is 10.6 Å². The van der Waals surface area contributed by atoms with Crippen molar-refractivity contribution in [1.82, 2.24) is 10.6 Å². The maximum absolute atomic E-state index is 11.5. The lowest BCUT2D eigenvalue weighted by Gasteiger charge is -2.25. The van der Waals surface area contributed by atoms with Gasteiger partial charge in [0.05, 0.1) is 6.10 Å². The van der Waals surface area contributed by atoms with Gasteiger partial charge in [0.25, 0.3) is 0 Å². The molecule has 0 saturated heterocycles. The van der Waals surface area contributed by atoms with Gasteiger partial charge in [-0.25, -0.2) is 4.79 Å². The Morgan fingerprint density at radius 3 is 2.63 bits per heavy atom. The van der Waals surface area contributed by atoms with Crippen LogP contribution in [0, 0.1) is 0 Å². The third kappa shape index (κ3) is 6.25. The molecule has 5 heteroatoms. The molecule has 0 radical (unpaired) electrons. The van der Waals surface area contributed by atoms with Crippen molar-refractivity contribution in [2.75, 3.05) is 13.7 Å². The van der Waals surface area contributed by atoms with Crippen LogP contribution in [0.3, 0.4) is 0 Å². The van der Waals surface area contributed by atoms with Gasteiger partial charge >= 0.3 is 6.09 Å². The predicted molar refractivity (Wildman–Crippen MR) is 75.3 cm³/mol. The maximum Gasteiger partial charge on any atom is 0.407 e. The number of alkyl carbamates (subject to hydrolysis) is 1. The van der Waals surface area contributed by atoms with Gasteiger partial charge < -0.3 is 20.1 Å². The molecule has 3 unspecified atom stereocenters. The highest BCUT2D eigenvalue weighted by Crippen LogP contribution is 2.21. The Morgan fingerprint density at radius 2 is 2.05 bits per heavy atom. The van der Waals surface area contributed by atoms with E-state index in [9.17, 15) is 4.79 Å². The summed E-state index contributed by atoms with van der Waals surface area (Å²) in [5.74, 6) is 0. The minimum Gasteiger partial charge on any atom is -0.444 e. The van der Waals surface area contributed by atoms with Gasteiger partial charge in [0.1, 0.15) is 5.60 Å². The second kappa shape index (κ2) is 7.10. The second-order valence-corrected chi connectivity index (χ2v) is 6.26. The SMILES string of the molecule is COC1CCCC1NC(C)CNC(=O)OC(C)(C)C. The lowest BCUT2D eigenvalue weighted by Crippen LogP contribution is -2.47. The number of methoxy groups -OCH3 is 1. The second-order valence-electron chi connectivity index (χ2n) is 6.26. The molecule has 0 spiro atoms. The normalized spacial score (nSPS) is 25.1. The quantitative estimate of drug-likeness (QED) is 0.804. The summed E-state index contributed by atoms with van der Waals surface area (Å²) in [7, 11) is 1.76. The number of hydrogen-bond acceptors (Lipinski definition) is 4. The molecule has 112 valence electrons. The molecule has 0 aromatic rings. The van der Waals surface area contributed by atoms with Crippen LogP contribution >= 0.6 is 0 Å². The van der Waals surface area contributed by atoms with Crippen LogP contribution in [0.2, 0.25) is 0 Å². The Hall–Kier alpha value is -0.810. The third-order valence-corrected chi connectivity index (χ3v) is 3.21. The number of rotatable bonds is 5. The summed E-state index contributed by atoms with van der Waals surface area (Å²) in [6.07, 6.45) is 3.37. The first-order valence-corrected chi connectivity index (χ1v) is 7.07. The lowest BCUT2D eigenvalue weighted by molar-refractivity contribution is 0.0517. The van der Waals surface area contributed by atoms with Crippen molar-refractivity contribution in [1.29, 1.82) is 0 Å². The van der Waals surface area contributed by atoms with Gasteiger partial charge in [0.15, 0.2) is 0 Å². The largest absolute Gasteiger partial charge is 0.444 e. The van der Waals surface area contributed by atoms with Gasteiger partial charge in [-0.05, 0) is 47.0 Å². The smallest absolute Gasteiger partial charge is 0.407 e. The van der Waals surface area contributed by atoms with Crippen molar-refractivity contribution in [2.24, 2.45) is 0 Å². The maximum atomic E-state index is 11.5. The van der Waals surface area contributed by atoms with E-state index in [1.807, 2.05) is 20.8 Å². The molecule has 1 amide bonds. The zero-order valence-corrected chi connectivity index (χ0v) is 12.8.